The number of amides is 1. The second-order valence-corrected chi connectivity index (χ2v) is 6.16. The molecule has 2 N–H and O–H groups in total. The Bertz CT molecular complexity index is 761. The summed E-state index contributed by atoms with van der Waals surface area (Å²) in [5, 5.41) is 5.88. The molecular formula is C19H20F2N2O. The Labute approximate surface area is 140 Å². The van der Waals surface area contributed by atoms with Gasteiger partial charge >= 0.3 is 0 Å². The maximum absolute atomic E-state index is 13.3. The van der Waals surface area contributed by atoms with Crippen LogP contribution in [-0.2, 0) is 17.6 Å². The summed E-state index contributed by atoms with van der Waals surface area (Å²) in [6.07, 6.45) is 3.33. The van der Waals surface area contributed by atoms with E-state index in [1.807, 2.05) is 12.1 Å². The molecule has 0 aromatic heterocycles. The van der Waals surface area contributed by atoms with Crippen molar-refractivity contribution in [2.45, 2.75) is 32.2 Å². The third-order valence-electron chi connectivity index (χ3n) is 4.39. The maximum atomic E-state index is 13.3. The number of halogens is 2. The van der Waals surface area contributed by atoms with Crippen molar-refractivity contribution in [3.8, 4) is 0 Å². The molecule has 1 atom stereocenters. The van der Waals surface area contributed by atoms with Crippen molar-refractivity contribution < 1.29 is 13.6 Å². The van der Waals surface area contributed by atoms with Crippen LogP contribution in [0.2, 0.25) is 0 Å². The zero-order chi connectivity index (χ0) is 17.1. The van der Waals surface area contributed by atoms with Crippen molar-refractivity contribution in [2.75, 3.05) is 11.9 Å². The minimum absolute atomic E-state index is 0.0945. The Morgan fingerprint density at radius 3 is 2.67 bits per heavy atom. The van der Waals surface area contributed by atoms with Gasteiger partial charge in [-0.2, -0.15) is 0 Å². The van der Waals surface area contributed by atoms with Crippen molar-refractivity contribution in [1.29, 1.82) is 0 Å². The van der Waals surface area contributed by atoms with Gasteiger partial charge < -0.3 is 10.6 Å². The van der Waals surface area contributed by atoms with Gasteiger partial charge in [0, 0.05) is 11.7 Å². The molecular weight excluding hydrogens is 310 g/mol. The second-order valence-electron chi connectivity index (χ2n) is 6.16. The van der Waals surface area contributed by atoms with Crippen LogP contribution < -0.4 is 10.6 Å². The van der Waals surface area contributed by atoms with Crippen LogP contribution >= 0.6 is 0 Å². The molecule has 0 aliphatic heterocycles. The van der Waals surface area contributed by atoms with Gasteiger partial charge in [-0.15, -0.1) is 0 Å². The number of aryl methyl sites for hydroxylation is 2. The van der Waals surface area contributed by atoms with E-state index in [0.717, 1.165) is 30.7 Å². The van der Waals surface area contributed by atoms with Gasteiger partial charge in [0.05, 0.1) is 6.54 Å². The molecule has 0 radical (unpaired) electrons. The van der Waals surface area contributed by atoms with E-state index >= 15 is 0 Å². The van der Waals surface area contributed by atoms with E-state index in [1.54, 1.807) is 6.92 Å². The number of hydrogen-bond acceptors (Lipinski definition) is 2. The SMILES string of the molecule is C[C@H](NCC(=O)Nc1ccc2c(c1)CCC2)c1ccc(F)c(F)c1. The maximum Gasteiger partial charge on any atom is 0.238 e. The number of anilines is 1. The van der Waals surface area contributed by atoms with Crippen molar-refractivity contribution in [3.63, 3.8) is 0 Å². The zero-order valence-corrected chi connectivity index (χ0v) is 13.5. The van der Waals surface area contributed by atoms with Gasteiger partial charge in [0.15, 0.2) is 11.6 Å². The van der Waals surface area contributed by atoms with Gasteiger partial charge in [-0.3, -0.25) is 4.79 Å². The fourth-order valence-corrected chi connectivity index (χ4v) is 3.00. The molecule has 0 saturated heterocycles. The molecule has 1 aliphatic rings. The molecule has 1 amide bonds. The van der Waals surface area contributed by atoms with Gasteiger partial charge in [0.2, 0.25) is 5.91 Å². The van der Waals surface area contributed by atoms with E-state index in [-0.39, 0.29) is 18.5 Å². The van der Waals surface area contributed by atoms with Crippen LogP contribution in [-0.4, -0.2) is 12.5 Å². The number of hydrogen-bond donors (Lipinski definition) is 2. The van der Waals surface area contributed by atoms with Crippen molar-refractivity contribution >= 4 is 11.6 Å². The van der Waals surface area contributed by atoms with E-state index in [4.69, 9.17) is 0 Å². The van der Waals surface area contributed by atoms with Crippen LogP contribution in [0.25, 0.3) is 0 Å². The van der Waals surface area contributed by atoms with Crippen LogP contribution in [0.3, 0.4) is 0 Å². The Balaban J connectivity index is 1.54. The van der Waals surface area contributed by atoms with Gasteiger partial charge in [0.25, 0.3) is 0 Å². The minimum atomic E-state index is -0.885. The fourth-order valence-electron chi connectivity index (χ4n) is 3.00. The number of carbonyl (C=O) groups is 1. The topological polar surface area (TPSA) is 41.1 Å². The Morgan fingerprint density at radius 2 is 1.88 bits per heavy atom. The van der Waals surface area contributed by atoms with E-state index < -0.39 is 11.6 Å². The Morgan fingerprint density at radius 1 is 1.08 bits per heavy atom. The molecule has 3 rings (SSSR count). The summed E-state index contributed by atoms with van der Waals surface area (Å²) >= 11 is 0. The number of benzene rings is 2. The Hall–Kier alpha value is -2.27. The molecule has 5 heteroatoms. The first-order chi connectivity index (χ1) is 11.5. The first-order valence-electron chi connectivity index (χ1n) is 8.13. The van der Waals surface area contributed by atoms with Crippen molar-refractivity contribution in [3.05, 3.63) is 64.7 Å². The first kappa shape index (κ1) is 16.6. The number of fused-ring (bicyclic) bond motifs is 1. The third kappa shape index (κ3) is 3.79. The highest BCUT2D eigenvalue weighted by atomic mass is 19.2. The monoisotopic (exact) mass is 330 g/mol. The summed E-state index contributed by atoms with van der Waals surface area (Å²) in [6.45, 7) is 1.90. The van der Waals surface area contributed by atoms with E-state index in [2.05, 4.69) is 16.7 Å². The minimum Gasteiger partial charge on any atom is -0.325 e. The van der Waals surface area contributed by atoms with Gasteiger partial charge in [-0.1, -0.05) is 12.1 Å². The molecule has 0 heterocycles. The van der Waals surface area contributed by atoms with E-state index in [0.29, 0.717) is 5.56 Å². The molecule has 0 fully saturated rings. The predicted octanol–water partition coefficient (Wildman–Crippen LogP) is 3.74. The first-order valence-corrected chi connectivity index (χ1v) is 8.13. The van der Waals surface area contributed by atoms with E-state index in [1.165, 1.54) is 23.6 Å². The highest BCUT2D eigenvalue weighted by Crippen LogP contribution is 2.24. The average molecular weight is 330 g/mol. The van der Waals surface area contributed by atoms with Crippen LogP contribution in [0.15, 0.2) is 36.4 Å². The molecule has 0 bridgehead atoms. The van der Waals surface area contributed by atoms with E-state index in [9.17, 15) is 13.6 Å². The molecule has 0 unspecified atom stereocenters. The lowest BCUT2D eigenvalue weighted by Gasteiger charge is -2.14. The summed E-state index contributed by atoms with van der Waals surface area (Å²) in [5.74, 6) is -1.92. The van der Waals surface area contributed by atoms with Gasteiger partial charge in [0.1, 0.15) is 0 Å². The molecule has 2 aromatic rings. The fraction of sp³-hybridized carbons (Fsp3) is 0.316. The van der Waals surface area contributed by atoms with Gasteiger partial charge in [-0.25, -0.2) is 8.78 Å². The van der Waals surface area contributed by atoms with Crippen LogP contribution in [0.4, 0.5) is 14.5 Å². The smallest absolute Gasteiger partial charge is 0.238 e. The summed E-state index contributed by atoms with van der Waals surface area (Å²) in [6, 6.07) is 9.49. The summed E-state index contributed by atoms with van der Waals surface area (Å²) in [7, 11) is 0. The van der Waals surface area contributed by atoms with Gasteiger partial charge in [-0.05, 0) is 67.1 Å². The molecule has 1 aliphatic carbocycles. The zero-order valence-electron chi connectivity index (χ0n) is 13.5. The largest absolute Gasteiger partial charge is 0.325 e. The Kier molecular flexibility index (Phi) is 4.90. The lowest BCUT2D eigenvalue weighted by molar-refractivity contribution is -0.115. The third-order valence-corrected chi connectivity index (χ3v) is 4.39. The van der Waals surface area contributed by atoms with Crippen LogP contribution in [0, 0.1) is 11.6 Å². The lowest BCUT2D eigenvalue weighted by atomic mass is 10.1. The highest BCUT2D eigenvalue weighted by molar-refractivity contribution is 5.92. The quantitative estimate of drug-likeness (QED) is 0.877. The van der Waals surface area contributed by atoms with Crippen molar-refractivity contribution in [2.24, 2.45) is 0 Å². The summed E-state index contributed by atoms with van der Waals surface area (Å²) in [5.41, 5.74) is 4.05. The number of rotatable bonds is 5. The summed E-state index contributed by atoms with van der Waals surface area (Å²) < 4.78 is 26.2. The molecule has 0 saturated carbocycles. The standard InChI is InChI=1S/C19H20F2N2O/c1-12(14-6-8-17(20)18(21)10-14)22-11-19(24)23-16-7-5-13-3-2-4-15(13)9-16/h5-10,12,22H,2-4,11H2,1H3,(H,23,24)/t12-/m0/s1. The number of nitrogens with one attached hydrogen (secondary N) is 2. The molecule has 126 valence electrons. The van der Waals surface area contributed by atoms with Crippen LogP contribution in [0.1, 0.15) is 36.1 Å². The molecule has 0 spiro atoms. The number of carbonyl (C=O) groups excluding carboxylic acids is 1. The normalized spacial score (nSPS) is 14.3. The molecule has 3 nitrogen and oxygen atoms in total. The molecule has 24 heavy (non-hydrogen) atoms. The van der Waals surface area contributed by atoms with Crippen LogP contribution in [0.5, 0.6) is 0 Å². The average Bonchev–Trinajstić information content (AvgIpc) is 3.03. The predicted molar refractivity (Wildman–Crippen MR) is 89.9 cm³/mol. The summed E-state index contributed by atoms with van der Waals surface area (Å²) in [4.78, 5) is 12.1. The van der Waals surface area contributed by atoms with Crippen molar-refractivity contribution in [1.82, 2.24) is 5.32 Å². The lowest BCUT2D eigenvalue weighted by Crippen LogP contribution is -2.30. The highest BCUT2D eigenvalue weighted by Gasteiger charge is 2.13. The second kappa shape index (κ2) is 7.09. The molecule has 2 aromatic carbocycles.